The van der Waals surface area contributed by atoms with Crippen LogP contribution in [0.1, 0.15) is 46.5 Å². The third kappa shape index (κ3) is 26.3. The summed E-state index contributed by atoms with van der Waals surface area (Å²) in [4.78, 5) is 30.4. The molecule has 0 aliphatic heterocycles. The number of ether oxygens (including phenoxy) is 2. The standard InChI is InChI=1S/C10H18O4.C2H6O2Si/c1-9(11)13-7-5-3-4-6-8-14-10(2)12;1-2(3)4-5/h3-8H2,1-2H3;1,5H3. The zero-order chi connectivity index (χ0) is 15.1. The van der Waals surface area contributed by atoms with Gasteiger partial charge in [0, 0.05) is 20.8 Å². The third-order valence-electron chi connectivity index (χ3n) is 1.94. The van der Waals surface area contributed by atoms with Gasteiger partial charge in [0.15, 0.2) is 0 Å². The lowest BCUT2D eigenvalue weighted by molar-refractivity contribution is -0.142. The van der Waals surface area contributed by atoms with Gasteiger partial charge in [0.1, 0.15) is 0 Å². The van der Waals surface area contributed by atoms with Crippen molar-refractivity contribution in [3.05, 3.63) is 0 Å². The maximum atomic E-state index is 10.4. The number of esters is 2. The van der Waals surface area contributed by atoms with Crippen molar-refractivity contribution >= 4 is 28.4 Å². The zero-order valence-corrected chi connectivity index (χ0v) is 14.2. The molecule has 0 saturated heterocycles. The SMILES string of the molecule is CC(=O)OCCCCCCOC(C)=O.CC(=O)O[SiH3]. The number of rotatable bonds is 7. The van der Waals surface area contributed by atoms with Crippen molar-refractivity contribution in [3.8, 4) is 0 Å². The molecule has 0 aromatic heterocycles. The Balaban J connectivity index is 0. The van der Waals surface area contributed by atoms with E-state index in [0.717, 1.165) is 25.7 Å². The van der Waals surface area contributed by atoms with Crippen LogP contribution < -0.4 is 0 Å². The lowest BCUT2D eigenvalue weighted by Gasteiger charge is -2.02. The van der Waals surface area contributed by atoms with Gasteiger partial charge >= 0.3 is 11.9 Å². The van der Waals surface area contributed by atoms with E-state index in [4.69, 9.17) is 9.47 Å². The van der Waals surface area contributed by atoms with E-state index < -0.39 is 0 Å². The highest BCUT2D eigenvalue weighted by atomic mass is 28.2. The summed E-state index contributed by atoms with van der Waals surface area (Å²) in [5, 5.41) is 0. The van der Waals surface area contributed by atoms with Gasteiger partial charge in [-0.15, -0.1) is 0 Å². The van der Waals surface area contributed by atoms with Crippen molar-refractivity contribution in [2.45, 2.75) is 46.5 Å². The molecule has 0 aliphatic carbocycles. The minimum Gasteiger partial charge on any atom is -0.529 e. The maximum Gasteiger partial charge on any atom is 0.302 e. The summed E-state index contributed by atoms with van der Waals surface area (Å²) < 4.78 is 13.8. The number of carbonyl (C=O) groups is 3. The van der Waals surface area contributed by atoms with Gasteiger partial charge in [-0.1, -0.05) is 0 Å². The first kappa shape index (κ1) is 20.0. The fourth-order valence-electron chi connectivity index (χ4n) is 0.989. The summed E-state index contributed by atoms with van der Waals surface area (Å²) in [6.07, 6.45) is 3.74. The van der Waals surface area contributed by atoms with E-state index >= 15 is 0 Å². The molecule has 6 nitrogen and oxygen atoms in total. The fourth-order valence-corrected chi connectivity index (χ4v) is 0.989. The van der Waals surface area contributed by atoms with Crippen LogP contribution in [-0.2, 0) is 28.3 Å². The van der Waals surface area contributed by atoms with Crippen LogP contribution in [0.25, 0.3) is 0 Å². The van der Waals surface area contributed by atoms with Crippen LogP contribution in [0.5, 0.6) is 0 Å². The molecule has 0 fully saturated rings. The molecule has 0 rings (SSSR count). The molecule has 112 valence electrons. The van der Waals surface area contributed by atoms with Crippen molar-refractivity contribution in [3.63, 3.8) is 0 Å². The second-order valence-corrected chi connectivity index (χ2v) is 4.20. The van der Waals surface area contributed by atoms with Gasteiger partial charge in [-0.05, 0) is 25.7 Å². The minimum atomic E-state index is -0.232. The molecule has 0 unspecified atom stereocenters. The van der Waals surface area contributed by atoms with Gasteiger partial charge in [-0.3, -0.25) is 14.4 Å². The van der Waals surface area contributed by atoms with Crippen LogP contribution in [-0.4, -0.2) is 41.6 Å². The molecule has 7 heteroatoms. The van der Waals surface area contributed by atoms with E-state index in [-0.39, 0.29) is 17.9 Å². The molecule has 0 amide bonds. The Labute approximate surface area is 117 Å². The van der Waals surface area contributed by atoms with E-state index in [1.165, 1.54) is 20.8 Å². The van der Waals surface area contributed by atoms with Crippen LogP contribution in [0.4, 0.5) is 0 Å². The Bertz CT molecular complexity index is 247. The lowest BCUT2D eigenvalue weighted by Crippen LogP contribution is -2.02. The predicted molar refractivity (Wildman–Crippen MR) is 73.4 cm³/mol. The third-order valence-corrected chi connectivity index (χ3v) is 2.51. The van der Waals surface area contributed by atoms with E-state index in [1.54, 1.807) is 0 Å². The minimum absolute atomic E-state index is 0.184. The molecule has 0 N–H and O–H groups in total. The van der Waals surface area contributed by atoms with Crippen molar-refractivity contribution in [1.29, 1.82) is 0 Å². The summed E-state index contributed by atoms with van der Waals surface area (Å²) >= 11 is 0. The molecule has 19 heavy (non-hydrogen) atoms. The van der Waals surface area contributed by atoms with Crippen LogP contribution >= 0.6 is 0 Å². The monoisotopic (exact) mass is 292 g/mol. The second-order valence-electron chi connectivity index (χ2n) is 3.79. The number of carbonyl (C=O) groups excluding carboxylic acids is 3. The first-order chi connectivity index (χ1) is 8.90. The highest BCUT2D eigenvalue weighted by molar-refractivity contribution is 6.04. The summed E-state index contributed by atoms with van der Waals surface area (Å²) in [5.74, 6) is -0.647. The average molecular weight is 292 g/mol. The van der Waals surface area contributed by atoms with E-state index in [0.29, 0.717) is 23.7 Å². The molecule has 0 aromatic rings. The van der Waals surface area contributed by atoms with E-state index in [1.807, 2.05) is 0 Å². The Hall–Kier alpha value is -1.37. The lowest BCUT2D eigenvalue weighted by atomic mass is 10.2. The van der Waals surface area contributed by atoms with Gasteiger partial charge in [0.2, 0.25) is 10.5 Å². The molecule has 0 saturated carbocycles. The van der Waals surface area contributed by atoms with Gasteiger partial charge in [-0.2, -0.15) is 0 Å². The summed E-state index contributed by atoms with van der Waals surface area (Å²) in [6.45, 7) is 5.18. The second kappa shape index (κ2) is 14.7. The van der Waals surface area contributed by atoms with E-state index in [9.17, 15) is 14.4 Å². The van der Waals surface area contributed by atoms with Crippen molar-refractivity contribution in [2.24, 2.45) is 0 Å². The quantitative estimate of drug-likeness (QED) is 0.386. The highest BCUT2D eigenvalue weighted by Crippen LogP contribution is 2.00. The van der Waals surface area contributed by atoms with Gasteiger partial charge < -0.3 is 13.9 Å². The summed E-state index contributed by atoms with van der Waals surface area (Å²) in [7, 11) is 0.524. The normalized spacial score (nSPS) is 9.00. The van der Waals surface area contributed by atoms with E-state index in [2.05, 4.69) is 4.43 Å². The molecule has 0 heterocycles. The first-order valence-corrected chi connectivity index (χ1v) is 7.03. The van der Waals surface area contributed by atoms with Crippen molar-refractivity contribution < 1.29 is 28.3 Å². The Morgan fingerprint density at radius 3 is 1.26 bits per heavy atom. The van der Waals surface area contributed by atoms with Gasteiger partial charge in [0.25, 0.3) is 5.97 Å². The number of hydrogen-bond acceptors (Lipinski definition) is 6. The van der Waals surface area contributed by atoms with Crippen LogP contribution in [0.15, 0.2) is 0 Å². The smallest absolute Gasteiger partial charge is 0.302 e. The first-order valence-electron chi connectivity index (χ1n) is 6.21. The molecule has 0 aromatic carbocycles. The summed E-state index contributed by atoms with van der Waals surface area (Å²) in [5.41, 5.74) is 0. The van der Waals surface area contributed by atoms with Gasteiger partial charge in [0.05, 0.1) is 13.2 Å². The number of hydrogen-bond donors (Lipinski definition) is 0. The largest absolute Gasteiger partial charge is 0.529 e. The average Bonchev–Trinajstić information content (AvgIpc) is 2.32. The summed E-state index contributed by atoms with van der Waals surface area (Å²) in [6, 6.07) is 0. The zero-order valence-electron chi connectivity index (χ0n) is 12.2. The molecular weight excluding hydrogens is 268 g/mol. The number of unbranched alkanes of at least 4 members (excludes halogenated alkanes) is 3. The maximum absolute atomic E-state index is 10.4. The molecule has 0 spiro atoms. The van der Waals surface area contributed by atoms with Crippen LogP contribution in [0.3, 0.4) is 0 Å². The molecule has 0 aliphatic rings. The molecule has 0 atom stereocenters. The molecule has 0 radical (unpaired) electrons. The van der Waals surface area contributed by atoms with Crippen LogP contribution in [0.2, 0.25) is 0 Å². The Morgan fingerprint density at radius 2 is 1.05 bits per heavy atom. The highest BCUT2D eigenvalue weighted by Gasteiger charge is 1.95. The van der Waals surface area contributed by atoms with Crippen molar-refractivity contribution in [1.82, 2.24) is 0 Å². The fraction of sp³-hybridized carbons (Fsp3) is 0.750. The predicted octanol–water partition coefficient (Wildman–Crippen LogP) is 0.503. The molecule has 0 bridgehead atoms. The Morgan fingerprint density at radius 1 is 0.737 bits per heavy atom. The topological polar surface area (TPSA) is 78.9 Å². The Kier molecular flexibility index (Phi) is 15.4. The van der Waals surface area contributed by atoms with Gasteiger partial charge in [-0.25, -0.2) is 0 Å². The van der Waals surface area contributed by atoms with Crippen LogP contribution in [0, 0.1) is 0 Å². The van der Waals surface area contributed by atoms with Crippen molar-refractivity contribution in [2.75, 3.05) is 13.2 Å². The molecular formula is C12H24O6Si.